The molecule has 1 aliphatic carbocycles. The van der Waals surface area contributed by atoms with Crippen LogP contribution in [0.25, 0.3) is 11.1 Å². The first-order chi connectivity index (χ1) is 14.5. The van der Waals surface area contributed by atoms with Crippen molar-refractivity contribution < 1.29 is 19.1 Å². The monoisotopic (exact) mass is 419 g/mol. The molecule has 30 heavy (non-hydrogen) atoms. The highest BCUT2D eigenvalue weighted by atomic mass is 32.1. The van der Waals surface area contributed by atoms with Crippen LogP contribution in [0.1, 0.15) is 33.0 Å². The minimum atomic E-state index is -0.588. The second kappa shape index (κ2) is 8.24. The summed E-state index contributed by atoms with van der Waals surface area (Å²) in [5.74, 6) is -0.521. The van der Waals surface area contributed by atoms with Crippen molar-refractivity contribution in [3.05, 3.63) is 82.9 Å². The lowest BCUT2D eigenvalue weighted by atomic mass is 9.98. The first-order valence-electron chi connectivity index (χ1n) is 9.53. The SMILES string of the molecule is COC(=O)c1cc(S)c(C)c(NC(=O)OCC2c3ccccc3-c3ccccc32)c1. The number of esters is 1. The summed E-state index contributed by atoms with van der Waals surface area (Å²) < 4.78 is 10.3. The highest BCUT2D eigenvalue weighted by Crippen LogP contribution is 2.44. The number of anilines is 1. The summed E-state index contributed by atoms with van der Waals surface area (Å²) in [5.41, 5.74) is 6.13. The maximum absolute atomic E-state index is 12.5. The molecule has 6 heteroatoms. The van der Waals surface area contributed by atoms with Gasteiger partial charge in [0.2, 0.25) is 0 Å². The van der Waals surface area contributed by atoms with E-state index in [1.54, 1.807) is 12.1 Å². The van der Waals surface area contributed by atoms with Crippen LogP contribution < -0.4 is 5.32 Å². The molecule has 1 aliphatic rings. The third kappa shape index (κ3) is 3.66. The molecular formula is C24H21NO4S. The normalized spacial score (nSPS) is 12.1. The van der Waals surface area contributed by atoms with Crippen molar-refractivity contribution in [2.75, 3.05) is 19.0 Å². The van der Waals surface area contributed by atoms with E-state index in [0.717, 1.165) is 16.7 Å². The van der Waals surface area contributed by atoms with E-state index < -0.39 is 12.1 Å². The van der Waals surface area contributed by atoms with Crippen LogP contribution in [-0.2, 0) is 9.47 Å². The first kappa shape index (κ1) is 20.0. The lowest BCUT2D eigenvalue weighted by Crippen LogP contribution is -2.19. The maximum atomic E-state index is 12.5. The summed E-state index contributed by atoms with van der Waals surface area (Å²) >= 11 is 4.38. The van der Waals surface area contributed by atoms with Gasteiger partial charge in [-0.05, 0) is 46.9 Å². The molecule has 0 aromatic heterocycles. The van der Waals surface area contributed by atoms with E-state index in [0.29, 0.717) is 16.1 Å². The van der Waals surface area contributed by atoms with Gasteiger partial charge >= 0.3 is 12.1 Å². The topological polar surface area (TPSA) is 64.6 Å². The van der Waals surface area contributed by atoms with E-state index in [1.165, 1.54) is 18.2 Å². The van der Waals surface area contributed by atoms with Crippen LogP contribution in [0.3, 0.4) is 0 Å². The predicted molar refractivity (Wildman–Crippen MR) is 118 cm³/mol. The Balaban J connectivity index is 1.51. The molecule has 0 spiro atoms. The zero-order valence-electron chi connectivity index (χ0n) is 16.6. The number of ether oxygens (including phenoxy) is 2. The molecule has 0 atom stereocenters. The molecule has 0 fully saturated rings. The third-order valence-corrected chi connectivity index (χ3v) is 5.85. The van der Waals surface area contributed by atoms with Crippen molar-refractivity contribution in [1.82, 2.24) is 0 Å². The van der Waals surface area contributed by atoms with Gasteiger partial charge in [0.05, 0.1) is 12.7 Å². The number of methoxy groups -OCH3 is 1. The van der Waals surface area contributed by atoms with Crippen molar-refractivity contribution >= 4 is 30.4 Å². The Labute approximate surface area is 180 Å². The van der Waals surface area contributed by atoms with E-state index in [2.05, 4.69) is 42.2 Å². The smallest absolute Gasteiger partial charge is 0.411 e. The first-order valence-corrected chi connectivity index (χ1v) is 9.98. The van der Waals surface area contributed by atoms with E-state index >= 15 is 0 Å². The Hall–Kier alpha value is -3.25. The largest absolute Gasteiger partial charge is 0.465 e. The predicted octanol–water partition coefficient (Wildman–Crippen LogP) is 5.43. The average Bonchev–Trinajstić information content (AvgIpc) is 3.08. The van der Waals surface area contributed by atoms with Gasteiger partial charge in [-0.3, -0.25) is 5.32 Å². The Bertz CT molecular complexity index is 1100. The molecule has 0 bridgehead atoms. The summed E-state index contributed by atoms with van der Waals surface area (Å²) in [5, 5.41) is 2.72. The molecule has 1 N–H and O–H groups in total. The number of hydrogen-bond acceptors (Lipinski definition) is 5. The third-order valence-electron chi connectivity index (χ3n) is 5.38. The molecule has 4 rings (SSSR count). The number of carbonyl (C=O) groups is 2. The molecule has 0 saturated heterocycles. The van der Waals surface area contributed by atoms with Crippen LogP contribution in [0.4, 0.5) is 10.5 Å². The van der Waals surface area contributed by atoms with Gasteiger partial charge in [-0.25, -0.2) is 9.59 Å². The number of benzene rings is 3. The van der Waals surface area contributed by atoms with Crippen molar-refractivity contribution in [2.45, 2.75) is 17.7 Å². The van der Waals surface area contributed by atoms with Crippen molar-refractivity contribution in [1.29, 1.82) is 0 Å². The Kier molecular flexibility index (Phi) is 5.50. The van der Waals surface area contributed by atoms with E-state index in [1.807, 2.05) is 31.2 Å². The molecule has 0 heterocycles. The zero-order valence-corrected chi connectivity index (χ0v) is 17.5. The lowest BCUT2D eigenvalue weighted by molar-refractivity contribution is 0.0600. The Morgan fingerprint density at radius 2 is 1.60 bits per heavy atom. The van der Waals surface area contributed by atoms with Gasteiger partial charge < -0.3 is 9.47 Å². The molecule has 0 saturated carbocycles. The second-order valence-electron chi connectivity index (χ2n) is 7.11. The number of rotatable bonds is 4. The van der Waals surface area contributed by atoms with Crippen LogP contribution in [0, 0.1) is 6.92 Å². The van der Waals surface area contributed by atoms with Crippen LogP contribution in [0.2, 0.25) is 0 Å². The minimum Gasteiger partial charge on any atom is -0.465 e. The fourth-order valence-electron chi connectivity index (χ4n) is 3.81. The van der Waals surface area contributed by atoms with Gasteiger partial charge in [0.1, 0.15) is 6.61 Å². The molecule has 1 amide bonds. The molecule has 0 aliphatic heterocycles. The van der Waals surface area contributed by atoms with Crippen molar-refractivity contribution in [2.24, 2.45) is 0 Å². The quantitative estimate of drug-likeness (QED) is 0.437. The summed E-state index contributed by atoms with van der Waals surface area (Å²) in [7, 11) is 1.30. The van der Waals surface area contributed by atoms with Gasteiger partial charge in [-0.15, -0.1) is 12.6 Å². The average molecular weight is 420 g/mol. The molecule has 0 unspecified atom stereocenters. The molecule has 3 aromatic carbocycles. The Morgan fingerprint density at radius 1 is 1.00 bits per heavy atom. The van der Waals surface area contributed by atoms with Gasteiger partial charge in [-0.2, -0.15) is 0 Å². The summed E-state index contributed by atoms with van der Waals surface area (Å²) in [6.07, 6.45) is -0.588. The van der Waals surface area contributed by atoms with Crippen LogP contribution in [-0.4, -0.2) is 25.8 Å². The number of fused-ring (bicyclic) bond motifs is 3. The highest BCUT2D eigenvalue weighted by molar-refractivity contribution is 7.80. The molecule has 152 valence electrons. The van der Waals surface area contributed by atoms with Crippen LogP contribution >= 0.6 is 12.6 Å². The second-order valence-corrected chi connectivity index (χ2v) is 7.59. The number of amides is 1. The van der Waals surface area contributed by atoms with Crippen LogP contribution in [0.15, 0.2) is 65.6 Å². The molecule has 5 nitrogen and oxygen atoms in total. The zero-order chi connectivity index (χ0) is 21.3. The number of thiol groups is 1. The van der Waals surface area contributed by atoms with Crippen molar-refractivity contribution in [3.8, 4) is 11.1 Å². The molecule has 3 aromatic rings. The standard InChI is InChI=1S/C24H21NO4S/c1-14-21(11-15(12-22(14)30)23(26)28-2)25-24(27)29-13-20-18-9-5-3-7-16(18)17-8-4-6-10-19(17)20/h3-12,20,30H,13H2,1-2H3,(H,25,27). The summed E-state index contributed by atoms with van der Waals surface area (Å²) in [4.78, 5) is 25.0. The maximum Gasteiger partial charge on any atom is 0.411 e. The lowest BCUT2D eigenvalue weighted by Gasteiger charge is -2.16. The summed E-state index contributed by atoms with van der Waals surface area (Å²) in [6.45, 7) is 2.02. The van der Waals surface area contributed by atoms with E-state index in [4.69, 9.17) is 9.47 Å². The number of carbonyl (C=O) groups excluding carboxylic acids is 2. The van der Waals surface area contributed by atoms with Gasteiger partial charge in [-0.1, -0.05) is 48.5 Å². The molecular weight excluding hydrogens is 398 g/mol. The highest BCUT2D eigenvalue weighted by Gasteiger charge is 2.29. The Morgan fingerprint density at radius 3 is 2.20 bits per heavy atom. The van der Waals surface area contributed by atoms with Gasteiger partial charge in [0, 0.05) is 16.5 Å². The number of nitrogens with one attached hydrogen (secondary N) is 1. The number of hydrogen-bond donors (Lipinski definition) is 2. The fourth-order valence-corrected chi connectivity index (χ4v) is 4.07. The molecule has 0 radical (unpaired) electrons. The minimum absolute atomic E-state index is 0.0221. The van der Waals surface area contributed by atoms with Gasteiger partial charge in [0.25, 0.3) is 0 Å². The van der Waals surface area contributed by atoms with Crippen LogP contribution in [0.5, 0.6) is 0 Å². The van der Waals surface area contributed by atoms with E-state index in [-0.39, 0.29) is 12.5 Å². The van der Waals surface area contributed by atoms with Crippen molar-refractivity contribution in [3.63, 3.8) is 0 Å². The summed E-state index contributed by atoms with van der Waals surface area (Å²) in [6, 6.07) is 19.5. The van der Waals surface area contributed by atoms with Gasteiger partial charge in [0.15, 0.2) is 0 Å². The fraction of sp³-hybridized carbons (Fsp3) is 0.167. The van der Waals surface area contributed by atoms with E-state index in [9.17, 15) is 9.59 Å².